The molecular formula is C13H27N3O. The predicted molar refractivity (Wildman–Crippen MR) is 70.7 cm³/mol. The highest BCUT2D eigenvalue weighted by molar-refractivity contribution is 5.82. The molecule has 0 saturated heterocycles. The van der Waals surface area contributed by atoms with Crippen LogP contribution in [-0.4, -0.2) is 42.5 Å². The molecule has 1 saturated carbocycles. The first-order chi connectivity index (χ1) is 7.86. The summed E-state index contributed by atoms with van der Waals surface area (Å²) < 4.78 is 0. The molecule has 0 unspecified atom stereocenters. The van der Waals surface area contributed by atoms with E-state index in [2.05, 4.69) is 17.1 Å². The van der Waals surface area contributed by atoms with Crippen molar-refractivity contribution in [2.75, 3.05) is 19.6 Å². The molecule has 0 aromatic carbocycles. The first kappa shape index (κ1) is 14.5. The lowest BCUT2D eigenvalue weighted by molar-refractivity contribution is -0.124. The Morgan fingerprint density at radius 2 is 2.06 bits per heavy atom. The number of nitrogens with one attached hydrogen (secondary N) is 1. The minimum absolute atomic E-state index is 0.0376. The maximum atomic E-state index is 11.8. The van der Waals surface area contributed by atoms with Gasteiger partial charge >= 0.3 is 0 Å². The number of nitrogens with zero attached hydrogens (tertiary/aromatic N) is 1. The molecule has 1 aliphatic carbocycles. The summed E-state index contributed by atoms with van der Waals surface area (Å²) in [5.41, 5.74) is 5.71. The Morgan fingerprint density at radius 1 is 1.47 bits per heavy atom. The van der Waals surface area contributed by atoms with Crippen LogP contribution >= 0.6 is 0 Å². The van der Waals surface area contributed by atoms with Crippen molar-refractivity contribution in [3.8, 4) is 0 Å². The van der Waals surface area contributed by atoms with Gasteiger partial charge < -0.3 is 11.1 Å². The molecule has 1 amide bonds. The van der Waals surface area contributed by atoms with Gasteiger partial charge in [0.1, 0.15) is 0 Å². The van der Waals surface area contributed by atoms with E-state index >= 15 is 0 Å². The number of likely N-dealkylation sites (N-methyl/N-ethyl adjacent to an activating group) is 1. The monoisotopic (exact) mass is 241 g/mol. The van der Waals surface area contributed by atoms with Crippen LogP contribution in [0.4, 0.5) is 0 Å². The van der Waals surface area contributed by atoms with Crippen molar-refractivity contribution in [3.63, 3.8) is 0 Å². The van der Waals surface area contributed by atoms with Crippen molar-refractivity contribution in [1.29, 1.82) is 0 Å². The number of amides is 1. The number of hydrogen-bond acceptors (Lipinski definition) is 3. The average Bonchev–Trinajstić information content (AvgIpc) is 3.05. The van der Waals surface area contributed by atoms with Gasteiger partial charge in [-0.05, 0) is 24.8 Å². The summed E-state index contributed by atoms with van der Waals surface area (Å²) in [5.74, 6) is -0.0376. The van der Waals surface area contributed by atoms with Gasteiger partial charge in [0.15, 0.2) is 0 Å². The molecule has 0 aromatic heterocycles. The van der Waals surface area contributed by atoms with Gasteiger partial charge in [0.2, 0.25) is 5.91 Å². The lowest BCUT2D eigenvalue weighted by Crippen LogP contribution is -2.50. The molecule has 0 aromatic rings. The van der Waals surface area contributed by atoms with Crippen LogP contribution in [0.15, 0.2) is 0 Å². The third kappa shape index (κ3) is 4.64. The number of rotatable bonds is 6. The molecule has 1 aliphatic rings. The number of nitrogens with two attached hydrogens (primary N) is 1. The molecule has 1 atom stereocenters. The van der Waals surface area contributed by atoms with Crippen molar-refractivity contribution in [2.24, 2.45) is 11.1 Å². The highest BCUT2D eigenvalue weighted by atomic mass is 16.2. The quantitative estimate of drug-likeness (QED) is 0.728. The fourth-order valence-corrected chi connectivity index (χ4v) is 1.86. The van der Waals surface area contributed by atoms with Crippen LogP contribution in [0.25, 0.3) is 0 Å². The average molecular weight is 241 g/mol. The highest BCUT2D eigenvalue weighted by Gasteiger charge is 2.29. The van der Waals surface area contributed by atoms with Crippen molar-refractivity contribution >= 4 is 5.91 Å². The molecule has 0 radical (unpaired) electrons. The van der Waals surface area contributed by atoms with Crippen LogP contribution in [-0.2, 0) is 4.79 Å². The first-order valence-corrected chi connectivity index (χ1v) is 6.63. The number of hydrogen-bond donors (Lipinski definition) is 2. The zero-order valence-electron chi connectivity index (χ0n) is 11.6. The van der Waals surface area contributed by atoms with Gasteiger partial charge in [-0.15, -0.1) is 0 Å². The number of carbonyl (C=O) groups is 1. The second-order valence-corrected chi connectivity index (χ2v) is 5.99. The van der Waals surface area contributed by atoms with E-state index in [0.29, 0.717) is 6.54 Å². The van der Waals surface area contributed by atoms with Gasteiger partial charge in [0.25, 0.3) is 0 Å². The van der Waals surface area contributed by atoms with E-state index in [1.807, 2.05) is 20.8 Å². The van der Waals surface area contributed by atoms with Gasteiger partial charge in [0.05, 0.1) is 6.04 Å². The molecule has 4 heteroatoms. The third-order valence-electron chi connectivity index (χ3n) is 3.38. The summed E-state index contributed by atoms with van der Waals surface area (Å²) >= 11 is 0. The third-order valence-corrected chi connectivity index (χ3v) is 3.38. The van der Waals surface area contributed by atoms with Crippen molar-refractivity contribution < 1.29 is 4.79 Å². The van der Waals surface area contributed by atoms with Gasteiger partial charge in [-0.1, -0.05) is 27.7 Å². The van der Waals surface area contributed by atoms with E-state index in [-0.39, 0.29) is 11.3 Å². The molecule has 0 spiro atoms. The van der Waals surface area contributed by atoms with E-state index < -0.39 is 6.04 Å². The maximum Gasteiger partial charge on any atom is 0.237 e. The Balaban J connectivity index is 2.23. The van der Waals surface area contributed by atoms with Gasteiger partial charge in [-0.3, -0.25) is 9.69 Å². The summed E-state index contributed by atoms with van der Waals surface area (Å²) in [6.07, 6.45) is 2.62. The second kappa shape index (κ2) is 5.83. The van der Waals surface area contributed by atoms with Crippen molar-refractivity contribution in [1.82, 2.24) is 10.2 Å². The molecule has 0 bridgehead atoms. The van der Waals surface area contributed by atoms with Crippen LogP contribution < -0.4 is 11.1 Å². The first-order valence-electron chi connectivity index (χ1n) is 6.63. The Labute approximate surface area is 105 Å². The molecule has 1 rings (SSSR count). The highest BCUT2D eigenvalue weighted by Crippen LogP contribution is 2.25. The normalized spacial score (nSPS) is 18.2. The van der Waals surface area contributed by atoms with Crippen LogP contribution in [0.3, 0.4) is 0 Å². The Morgan fingerprint density at radius 3 is 2.47 bits per heavy atom. The molecule has 100 valence electrons. The van der Waals surface area contributed by atoms with Gasteiger partial charge in [-0.25, -0.2) is 0 Å². The summed E-state index contributed by atoms with van der Waals surface area (Å²) in [5, 5.41) is 2.93. The standard InChI is InChI=1S/C13H27N3O/c1-5-16(10-6-7-10)9-8-15-12(17)11(14)13(2,3)4/h10-11H,5-9,14H2,1-4H3,(H,15,17)/t11-/m0/s1. The summed E-state index contributed by atoms with van der Waals surface area (Å²) in [6.45, 7) is 10.8. The van der Waals surface area contributed by atoms with E-state index in [9.17, 15) is 4.79 Å². The predicted octanol–water partition coefficient (Wildman–Crippen LogP) is 0.960. The Bertz CT molecular complexity index is 256. The second-order valence-electron chi connectivity index (χ2n) is 5.99. The minimum atomic E-state index is -0.432. The zero-order valence-corrected chi connectivity index (χ0v) is 11.6. The fourth-order valence-electron chi connectivity index (χ4n) is 1.86. The van der Waals surface area contributed by atoms with Gasteiger partial charge in [0, 0.05) is 19.1 Å². The molecule has 0 aliphatic heterocycles. The Hall–Kier alpha value is -0.610. The van der Waals surface area contributed by atoms with Crippen LogP contribution in [0.1, 0.15) is 40.5 Å². The van der Waals surface area contributed by atoms with Crippen LogP contribution in [0.5, 0.6) is 0 Å². The number of carbonyl (C=O) groups excluding carboxylic acids is 1. The van der Waals surface area contributed by atoms with Crippen molar-refractivity contribution in [2.45, 2.75) is 52.6 Å². The smallest absolute Gasteiger partial charge is 0.237 e. The Kier molecular flexibility index (Phi) is 4.95. The van der Waals surface area contributed by atoms with Gasteiger partial charge in [-0.2, -0.15) is 0 Å². The van der Waals surface area contributed by atoms with E-state index in [1.54, 1.807) is 0 Å². The van der Waals surface area contributed by atoms with E-state index in [0.717, 1.165) is 19.1 Å². The van der Waals surface area contributed by atoms with Crippen molar-refractivity contribution in [3.05, 3.63) is 0 Å². The summed E-state index contributed by atoms with van der Waals surface area (Å²) in [6, 6.07) is 0.326. The molecule has 17 heavy (non-hydrogen) atoms. The molecule has 0 heterocycles. The molecular weight excluding hydrogens is 214 g/mol. The minimum Gasteiger partial charge on any atom is -0.353 e. The van der Waals surface area contributed by atoms with E-state index in [4.69, 9.17) is 5.73 Å². The van der Waals surface area contributed by atoms with Crippen LogP contribution in [0, 0.1) is 5.41 Å². The molecule has 1 fully saturated rings. The largest absolute Gasteiger partial charge is 0.353 e. The lowest BCUT2D eigenvalue weighted by atomic mass is 9.87. The summed E-state index contributed by atoms with van der Waals surface area (Å²) in [4.78, 5) is 14.2. The van der Waals surface area contributed by atoms with E-state index in [1.165, 1.54) is 12.8 Å². The van der Waals surface area contributed by atoms with Crippen LogP contribution in [0.2, 0.25) is 0 Å². The lowest BCUT2D eigenvalue weighted by Gasteiger charge is -2.26. The molecule has 3 N–H and O–H groups in total. The fraction of sp³-hybridized carbons (Fsp3) is 0.923. The summed E-state index contributed by atoms with van der Waals surface area (Å²) in [7, 11) is 0. The zero-order chi connectivity index (χ0) is 13.1. The molecule has 4 nitrogen and oxygen atoms in total. The maximum absolute atomic E-state index is 11.8. The topological polar surface area (TPSA) is 58.4 Å². The SMILES string of the molecule is CCN(CCNC(=O)[C@H](N)C(C)(C)C)C1CC1.